The van der Waals surface area contributed by atoms with Crippen LogP contribution in [0.25, 0.3) is 11.0 Å². The molecule has 1 N–H and O–H groups in total. The summed E-state index contributed by atoms with van der Waals surface area (Å²) in [6, 6.07) is 24.5. The van der Waals surface area contributed by atoms with Crippen LogP contribution >= 0.6 is 0 Å². The maximum atomic E-state index is 13.5. The average Bonchev–Trinajstić information content (AvgIpc) is 3.21. The van der Waals surface area contributed by atoms with Crippen LogP contribution in [0.2, 0.25) is 0 Å². The number of hydrogen-bond donors (Lipinski definition) is 1. The standard InChI is InChI=1S/C28H30N4O3/c1-20(2)32(22-11-5-4-6-12-22)27(33)19-31-25-15-8-7-14-24(25)30-26(31)16-17-29-28(34)21-10-9-13-23(18-21)35-3/h4-15,18,20H,16-17,19H2,1-3H3,(H,29,34). The number of imidazole rings is 1. The lowest BCUT2D eigenvalue weighted by Crippen LogP contribution is -2.39. The highest BCUT2D eigenvalue weighted by molar-refractivity contribution is 5.95. The molecule has 7 heteroatoms. The molecule has 35 heavy (non-hydrogen) atoms. The summed E-state index contributed by atoms with van der Waals surface area (Å²) in [4.78, 5) is 32.6. The molecule has 4 aromatic rings. The van der Waals surface area contributed by atoms with Gasteiger partial charge in [0.2, 0.25) is 5.91 Å². The third kappa shape index (κ3) is 5.51. The highest BCUT2D eigenvalue weighted by Crippen LogP contribution is 2.21. The van der Waals surface area contributed by atoms with Crippen molar-refractivity contribution in [3.63, 3.8) is 0 Å². The van der Waals surface area contributed by atoms with Crippen LogP contribution in [-0.2, 0) is 17.8 Å². The zero-order valence-corrected chi connectivity index (χ0v) is 20.3. The number of fused-ring (bicyclic) bond motifs is 1. The summed E-state index contributed by atoms with van der Waals surface area (Å²) in [5.41, 5.74) is 3.12. The summed E-state index contributed by atoms with van der Waals surface area (Å²) in [6.45, 7) is 4.56. The number of hydrogen-bond acceptors (Lipinski definition) is 4. The van der Waals surface area contributed by atoms with Crippen LogP contribution < -0.4 is 15.0 Å². The molecule has 7 nitrogen and oxygen atoms in total. The number of carbonyl (C=O) groups is 2. The second kappa shape index (κ2) is 10.9. The largest absolute Gasteiger partial charge is 0.497 e. The summed E-state index contributed by atoms with van der Waals surface area (Å²) in [7, 11) is 1.57. The highest BCUT2D eigenvalue weighted by Gasteiger charge is 2.22. The lowest BCUT2D eigenvalue weighted by atomic mass is 10.2. The van der Waals surface area contributed by atoms with E-state index in [0.29, 0.717) is 24.3 Å². The van der Waals surface area contributed by atoms with Gasteiger partial charge >= 0.3 is 0 Å². The van der Waals surface area contributed by atoms with E-state index in [0.717, 1.165) is 22.5 Å². The molecule has 0 aliphatic rings. The number of nitrogens with zero attached hydrogens (tertiary/aromatic N) is 3. The number of methoxy groups -OCH3 is 1. The minimum atomic E-state index is -0.183. The number of carbonyl (C=O) groups excluding carboxylic acids is 2. The molecule has 0 fully saturated rings. The third-order valence-corrected chi connectivity index (χ3v) is 5.81. The number of benzene rings is 3. The van der Waals surface area contributed by atoms with E-state index in [-0.39, 0.29) is 24.4 Å². The molecule has 0 spiro atoms. The first-order chi connectivity index (χ1) is 17.0. The first kappa shape index (κ1) is 24.0. The molecule has 0 atom stereocenters. The van der Waals surface area contributed by atoms with Gasteiger partial charge in [0.1, 0.15) is 18.1 Å². The van der Waals surface area contributed by atoms with Crippen molar-refractivity contribution in [3.8, 4) is 5.75 Å². The van der Waals surface area contributed by atoms with Crippen LogP contribution in [0.15, 0.2) is 78.9 Å². The molecule has 180 valence electrons. The summed E-state index contributed by atoms with van der Waals surface area (Å²) in [5.74, 6) is 1.18. The van der Waals surface area contributed by atoms with E-state index in [2.05, 4.69) is 5.32 Å². The van der Waals surface area contributed by atoms with Gasteiger partial charge in [-0.15, -0.1) is 0 Å². The number of para-hydroxylation sites is 3. The molecule has 0 aliphatic carbocycles. The molecule has 0 bridgehead atoms. The Balaban J connectivity index is 1.53. The molecule has 3 aromatic carbocycles. The first-order valence-electron chi connectivity index (χ1n) is 11.7. The van der Waals surface area contributed by atoms with Crippen LogP contribution in [0.4, 0.5) is 5.69 Å². The van der Waals surface area contributed by atoms with Gasteiger partial charge in [0.25, 0.3) is 5.91 Å². The van der Waals surface area contributed by atoms with Crippen LogP contribution in [0, 0.1) is 0 Å². The fourth-order valence-electron chi connectivity index (χ4n) is 4.18. The van der Waals surface area contributed by atoms with E-state index in [9.17, 15) is 9.59 Å². The second-order valence-corrected chi connectivity index (χ2v) is 8.53. The van der Waals surface area contributed by atoms with Gasteiger partial charge in [-0.3, -0.25) is 9.59 Å². The topological polar surface area (TPSA) is 76.5 Å². The van der Waals surface area contributed by atoms with Crippen LogP contribution in [0.3, 0.4) is 0 Å². The molecule has 0 saturated carbocycles. The number of anilines is 1. The minimum Gasteiger partial charge on any atom is -0.497 e. The number of aromatic nitrogens is 2. The molecule has 0 radical (unpaired) electrons. The Morgan fingerprint density at radius 3 is 2.49 bits per heavy atom. The Morgan fingerprint density at radius 1 is 1.00 bits per heavy atom. The zero-order chi connectivity index (χ0) is 24.8. The smallest absolute Gasteiger partial charge is 0.251 e. The van der Waals surface area contributed by atoms with E-state index in [4.69, 9.17) is 9.72 Å². The monoisotopic (exact) mass is 470 g/mol. The van der Waals surface area contributed by atoms with E-state index >= 15 is 0 Å². The SMILES string of the molecule is COc1cccc(C(=O)NCCc2nc3ccccc3n2CC(=O)N(c2ccccc2)C(C)C)c1. The predicted octanol–water partition coefficient (Wildman–Crippen LogP) is 4.46. The van der Waals surface area contributed by atoms with Gasteiger partial charge in [-0.25, -0.2) is 4.98 Å². The number of rotatable bonds is 9. The van der Waals surface area contributed by atoms with Crippen molar-refractivity contribution in [2.24, 2.45) is 0 Å². The Bertz CT molecular complexity index is 1310. The Kier molecular flexibility index (Phi) is 7.45. The molecule has 1 aromatic heterocycles. The van der Waals surface area contributed by atoms with Crippen molar-refractivity contribution in [1.29, 1.82) is 0 Å². The van der Waals surface area contributed by atoms with Gasteiger partial charge < -0.3 is 19.5 Å². The summed E-state index contributed by atoms with van der Waals surface area (Å²) in [5, 5.41) is 2.95. The highest BCUT2D eigenvalue weighted by atomic mass is 16.5. The fourth-order valence-corrected chi connectivity index (χ4v) is 4.18. The Labute approximate surface area is 205 Å². The van der Waals surface area contributed by atoms with E-state index in [1.807, 2.05) is 77.9 Å². The maximum absolute atomic E-state index is 13.5. The van der Waals surface area contributed by atoms with Crippen molar-refractivity contribution in [2.75, 3.05) is 18.6 Å². The van der Waals surface area contributed by atoms with Crippen molar-refractivity contribution in [3.05, 3.63) is 90.3 Å². The zero-order valence-electron chi connectivity index (χ0n) is 20.3. The molecule has 0 aliphatic heterocycles. The molecule has 1 heterocycles. The molecule has 0 saturated heterocycles. The minimum absolute atomic E-state index is 0.00490. The molecule has 2 amide bonds. The van der Waals surface area contributed by atoms with Crippen LogP contribution in [-0.4, -0.2) is 41.1 Å². The van der Waals surface area contributed by atoms with Gasteiger partial charge in [-0.05, 0) is 56.3 Å². The van der Waals surface area contributed by atoms with Gasteiger partial charge in [0, 0.05) is 30.3 Å². The number of ether oxygens (including phenoxy) is 1. The van der Waals surface area contributed by atoms with E-state index in [1.165, 1.54) is 0 Å². The first-order valence-corrected chi connectivity index (χ1v) is 11.7. The van der Waals surface area contributed by atoms with Gasteiger partial charge in [0.05, 0.1) is 18.1 Å². The van der Waals surface area contributed by atoms with Crippen LogP contribution in [0.1, 0.15) is 30.0 Å². The quantitative estimate of drug-likeness (QED) is 0.392. The van der Waals surface area contributed by atoms with Crippen molar-refractivity contribution in [2.45, 2.75) is 32.9 Å². The molecular weight excluding hydrogens is 440 g/mol. The second-order valence-electron chi connectivity index (χ2n) is 8.53. The average molecular weight is 471 g/mol. The number of amides is 2. The molecule has 4 rings (SSSR count). The fraction of sp³-hybridized carbons (Fsp3) is 0.250. The lowest BCUT2D eigenvalue weighted by molar-refractivity contribution is -0.119. The van der Waals surface area contributed by atoms with Crippen molar-refractivity contribution >= 4 is 28.5 Å². The van der Waals surface area contributed by atoms with Gasteiger partial charge in [-0.2, -0.15) is 0 Å². The lowest BCUT2D eigenvalue weighted by Gasteiger charge is -2.27. The molecular formula is C28H30N4O3. The summed E-state index contributed by atoms with van der Waals surface area (Å²) >= 11 is 0. The maximum Gasteiger partial charge on any atom is 0.251 e. The summed E-state index contributed by atoms with van der Waals surface area (Å²) < 4.78 is 7.16. The summed E-state index contributed by atoms with van der Waals surface area (Å²) in [6.07, 6.45) is 0.491. The number of nitrogens with one attached hydrogen (secondary N) is 1. The van der Waals surface area contributed by atoms with E-state index in [1.54, 1.807) is 31.4 Å². The Morgan fingerprint density at radius 2 is 1.74 bits per heavy atom. The Hall–Kier alpha value is -4.13. The normalized spacial score (nSPS) is 11.0. The van der Waals surface area contributed by atoms with Gasteiger partial charge in [0.15, 0.2) is 0 Å². The van der Waals surface area contributed by atoms with Crippen molar-refractivity contribution in [1.82, 2.24) is 14.9 Å². The van der Waals surface area contributed by atoms with Gasteiger partial charge in [-0.1, -0.05) is 36.4 Å². The van der Waals surface area contributed by atoms with Crippen molar-refractivity contribution < 1.29 is 14.3 Å². The predicted molar refractivity (Wildman–Crippen MR) is 138 cm³/mol. The van der Waals surface area contributed by atoms with Crippen LogP contribution in [0.5, 0.6) is 5.75 Å². The van der Waals surface area contributed by atoms with E-state index < -0.39 is 0 Å². The molecule has 0 unspecified atom stereocenters. The third-order valence-electron chi connectivity index (χ3n) is 5.81.